The molecule has 0 radical (unpaired) electrons. The second-order valence-corrected chi connectivity index (χ2v) is 29.7. The summed E-state index contributed by atoms with van der Waals surface area (Å²) >= 11 is 0. The Morgan fingerprint density at radius 3 is 1.50 bits per heavy atom. The summed E-state index contributed by atoms with van der Waals surface area (Å²) in [6, 6.07) is 11.7. The molecular weight excluding hydrogens is 1630 g/mol. The van der Waals surface area contributed by atoms with Crippen LogP contribution in [-0.4, -0.2) is 269 Å². The van der Waals surface area contributed by atoms with Crippen molar-refractivity contribution < 1.29 is 99.1 Å². The standard InChI is InChI=1S/C83H109F2N21O19/c1-53-73(54(2)125-98-53)55-9-16-64-63(45-55)93-74(105(64)58-10-13-60(116-8)14-11-58)65-20-26-104(83(115)106(65)59-12-15-61(84)62(85)48-59)28-30-118-32-34-120-36-38-122-40-42-124-44-43-123-41-39-121-37-35-119-33-31-117-29-25-86-70(107)17-21-90-80(112)76-96-68(51-102(76)6)94-71(108)18-22-89-79(111)67-47-57(50-101(67)5)92-82(114)77-97-69(52-103(77)7)95-72(109)19-23-88-78(110)66-46-56(49-100(66)4)91-81(113)75-87-24-27-99(75)3/h9,12,15-16,24,27,45-52,58,60,65H,10-11,13-14,17-23,25-26,28-44H2,1-8H3,(H,86,107)(H,88,110)(H,89,111)(H,90,112)(H,91,113)(H,92,114)(H,94,108)(H,95,109)/t58?,60?,65-/m0/s1. The van der Waals surface area contributed by atoms with Crippen molar-refractivity contribution in [3.63, 3.8) is 0 Å². The monoisotopic (exact) mass is 1740 g/mol. The molecule has 0 unspecified atom stereocenters. The number of amides is 10. The van der Waals surface area contributed by atoms with E-state index in [1.165, 1.54) is 61.3 Å². The molecule has 125 heavy (non-hydrogen) atoms. The summed E-state index contributed by atoms with van der Waals surface area (Å²) in [7, 11) is 9.76. The number of imidazole rings is 4. The smallest absolute Gasteiger partial charge is 0.325 e. The first-order valence-electron chi connectivity index (χ1n) is 41.2. The molecule has 8 N–H and O–H groups in total. The fourth-order valence-electron chi connectivity index (χ4n) is 14.3. The van der Waals surface area contributed by atoms with Crippen molar-refractivity contribution in [3.8, 4) is 11.1 Å². The maximum atomic E-state index is 15.0. The van der Waals surface area contributed by atoms with Crippen LogP contribution in [-0.2, 0) is 92.3 Å². The van der Waals surface area contributed by atoms with E-state index in [0.717, 1.165) is 65.7 Å². The van der Waals surface area contributed by atoms with E-state index in [1.54, 1.807) is 69.1 Å². The van der Waals surface area contributed by atoms with Gasteiger partial charge in [-0.2, -0.15) is 0 Å². The minimum atomic E-state index is -1.06. The Balaban J connectivity index is 0.457. The Bertz CT molecular complexity index is 5140. The summed E-state index contributed by atoms with van der Waals surface area (Å²) in [5.74, 6) is -4.41. The highest BCUT2D eigenvalue weighted by atomic mass is 19.2. The van der Waals surface area contributed by atoms with Crippen LogP contribution in [0, 0.1) is 25.5 Å². The van der Waals surface area contributed by atoms with Gasteiger partial charge in [-0.25, -0.2) is 33.5 Å². The van der Waals surface area contributed by atoms with E-state index < -0.39 is 59.0 Å². The Morgan fingerprint density at radius 1 is 0.496 bits per heavy atom. The van der Waals surface area contributed by atoms with E-state index in [9.17, 15) is 47.5 Å². The lowest BCUT2D eigenvalue weighted by molar-refractivity contribution is -0.121. The molecule has 11 rings (SSSR count). The molecule has 2 fully saturated rings. The Hall–Kier alpha value is -12.2. The van der Waals surface area contributed by atoms with Crippen LogP contribution >= 0.6 is 0 Å². The average Bonchev–Trinajstić information content (AvgIpc) is 1.58. The van der Waals surface area contributed by atoms with Gasteiger partial charge >= 0.3 is 6.03 Å². The van der Waals surface area contributed by atoms with Crippen LogP contribution in [0.3, 0.4) is 0 Å². The molecule has 7 aromatic heterocycles. The lowest BCUT2D eigenvalue weighted by atomic mass is 9.92. The maximum absolute atomic E-state index is 15.0. The summed E-state index contributed by atoms with van der Waals surface area (Å²) in [5, 5.41) is 25.5. The number of ether oxygens (including phenoxy) is 9. The highest BCUT2D eigenvalue weighted by Crippen LogP contribution is 2.42. The summed E-state index contributed by atoms with van der Waals surface area (Å²) in [4.78, 5) is 139. The molecule has 2 aromatic carbocycles. The summed E-state index contributed by atoms with van der Waals surface area (Å²) in [5.41, 5.74) is 5.49. The number of methoxy groups -OCH3 is 1. The van der Waals surface area contributed by atoms with Gasteiger partial charge < -0.3 is 122 Å². The van der Waals surface area contributed by atoms with Crippen LogP contribution in [0.15, 0.2) is 90.2 Å². The number of hydrogen-bond acceptors (Lipinski definition) is 24. The Morgan fingerprint density at radius 2 is 1.00 bits per heavy atom. The molecule has 1 saturated heterocycles. The predicted molar refractivity (Wildman–Crippen MR) is 450 cm³/mol. The van der Waals surface area contributed by atoms with Crippen molar-refractivity contribution >= 4 is 93.0 Å². The first-order chi connectivity index (χ1) is 60.4. The second-order valence-electron chi connectivity index (χ2n) is 29.7. The number of halogens is 2. The van der Waals surface area contributed by atoms with E-state index >= 15 is 4.39 Å². The third kappa shape index (κ3) is 26.5. The van der Waals surface area contributed by atoms with E-state index in [0.29, 0.717) is 116 Å². The Labute approximate surface area is 719 Å². The second kappa shape index (κ2) is 46.5. The maximum Gasteiger partial charge on any atom is 0.325 e. The zero-order valence-corrected chi connectivity index (χ0v) is 71.4. The van der Waals surface area contributed by atoms with E-state index in [1.807, 2.05) is 26.0 Å². The average molecular weight is 1740 g/mol. The van der Waals surface area contributed by atoms with E-state index in [4.69, 9.17) is 52.1 Å². The Kier molecular flexibility index (Phi) is 34.8. The number of fused-ring (bicyclic) bond motifs is 1. The van der Waals surface area contributed by atoms with Crippen LogP contribution in [0.25, 0.3) is 22.2 Å². The molecule has 1 aliphatic carbocycles. The molecule has 1 saturated carbocycles. The third-order valence-corrected chi connectivity index (χ3v) is 20.6. The van der Waals surface area contributed by atoms with Gasteiger partial charge in [0.25, 0.3) is 29.5 Å². The number of anilines is 5. The number of benzene rings is 2. The van der Waals surface area contributed by atoms with Crippen LogP contribution in [0.4, 0.5) is 42.3 Å². The number of carbonyl (C=O) groups excluding carboxylic acids is 9. The molecule has 0 spiro atoms. The lowest BCUT2D eigenvalue weighted by Crippen LogP contribution is -2.52. The molecule has 0 bridgehead atoms. The van der Waals surface area contributed by atoms with Gasteiger partial charge in [-0.1, -0.05) is 11.2 Å². The number of aryl methyl sites for hydroxylation is 7. The molecule has 1 atom stereocenters. The number of carbonyl (C=O) groups is 9. The van der Waals surface area contributed by atoms with Crippen LogP contribution in [0.1, 0.15) is 134 Å². The van der Waals surface area contributed by atoms with E-state index in [2.05, 4.69) is 73.3 Å². The van der Waals surface area contributed by atoms with Crippen LogP contribution < -0.4 is 47.4 Å². The van der Waals surface area contributed by atoms with Gasteiger partial charge in [-0.05, 0) is 87.9 Å². The number of hydrogen-bond donors (Lipinski definition) is 8. The molecule has 1 aliphatic heterocycles. The SMILES string of the molecule is COC1CCC(n2c([C@@H]3CCN(CCOCCOCCOCCOCCOCCOCCOCCOCCNC(=O)CCNC(=O)c4nc(NC(=O)CCNC(=O)c5cc(NC(=O)c6nc(NC(=O)CCNC(=O)c7cc(NC(=O)c8nccn8C)cn7C)cn6C)cn5C)cn4C)C(=O)N3c3ccc(F)c(F)c3)nc3cc(-c4c(C)noc4C)ccc32)CC1. The molecule has 42 heteroatoms. The highest BCUT2D eigenvalue weighted by Gasteiger charge is 2.40. The zero-order valence-electron chi connectivity index (χ0n) is 71.4. The minimum absolute atomic E-state index is 0.0104. The van der Waals surface area contributed by atoms with Gasteiger partial charge in [0.1, 0.15) is 23.0 Å². The van der Waals surface area contributed by atoms with Gasteiger partial charge in [0, 0.05) is 161 Å². The van der Waals surface area contributed by atoms with Crippen LogP contribution in [0.2, 0.25) is 0 Å². The number of aromatic nitrogens is 11. The van der Waals surface area contributed by atoms with Gasteiger partial charge in [-0.15, -0.1) is 0 Å². The number of rotatable bonds is 50. The molecule has 2 aliphatic rings. The quantitative estimate of drug-likeness (QED) is 0.0201. The minimum Gasteiger partial charge on any atom is -0.381 e. The number of nitrogens with zero attached hydrogens (tertiary/aromatic N) is 13. The molecule has 9 aromatic rings. The molecule has 10 amide bonds. The number of nitrogens with one attached hydrogen (secondary N) is 8. The van der Waals surface area contributed by atoms with Gasteiger partial charge in [0.05, 0.1) is 146 Å². The third-order valence-electron chi connectivity index (χ3n) is 20.6. The molecule has 674 valence electrons. The summed E-state index contributed by atoms with van der Waals surface area (Å²) in [6.45, 7) is 9.95. The van der Waals surface area contributed by atoms with Crippen molar-refractivity contribution in [2.45, 2.75) is 83.4 Å². The highest BCUT2D eigenvalue weighted by molar-refractivity contribution is 6.05. The van der Waals surface area contributed by atoms with E-state index in [-0.39, 0.29) is 148 Å². The van der Waals surface area contributed by atoms with Crippen LogP contribution in [0.5, 0.6) is 0 Å². The predicted octanol–water partition coefficient (Wildman–Crippen LogP) is 6.06. The first kappa shape index (κ1) is 93.5. The van der Waals surface area contributed by atoms with Crippen molar-refractivity contribution in [2.24, 2.45) is 35.2 Å². The normalized spacial score (nSPS) is 14.7. The fourth-order valence-corrected chi connectivity index (χ4v) is 14.3. The van der Waals surface area contributed by atoms with Gasteiger partial charge in [-0.3, -0.25) is 43.3 Å². The topological polar surface area (TPSA) is 447 Å². The van der Waals surface area contributed by atoms with Crippen molar-refractivity contribution in [3.05, 3.63) is 143 Å². The van der Waals surface area contributed by atoms with Crippen molar-refractivity contribution in [1.82, 2.24) is 78.7 Å². The zero-order chi connectivity index (χ0) is 88.9. The van der Waals surface area contributed by atoms with Crippen molar-refractivity contribution in [1.29, 1.82) is 0 Å². The number of urea groups is 1. The molecule has 40 nitrogen and oxygen atoms in total. The molecular formula is C83H109F2N21O19. The summed E-state index contributed by atoms with van der Waals surface area (Å²) < 4.78 is 95.3. The largest absolute Gasteiger partial charge is 0.381 e. The van der Waals surface area contributed by atoms with Gasteiger partial charge in [0.2, 0.25) is 29.4 Å². The molecule has 8 heterocycles. The first-order valence-corrected chi connectivity index (χ1v) is 41.2. The van der Waals surface area contributed by atoms with Gasteiger partial charge in [0.15, 0.2) is 29.1 Å². The fraction of sp³-hybridized carbons (Fsp3) is 0.494. The van der Waals surface area contributed by atoms with Crippen molar-refractivity contribution in [2.75, 3.05) is 178 Å². The lowest BCUT2D eigenvalue weighted by Gasteiger charge is -2.42. The summed E-state index contributed by atoms with van der Waals surface area (Å²) in [6.07, 6.45) is 12.8.